The average Bonchev–Trinajstić information content (AvgIpc) is 3.34. The van der Waals surface area contributed by atoms with E-state index in [4.69, 9.17) is 0 Å². The van der Waals surface area contributed by atoms with E-state index in [1.807, 2.05) is 35.7 Å². The van der Waals surface area contributed by atoms with Crippen LogP contribution in [0.15, 0.2) is 66.2 Å². The highest BCUT2D eigenvalue weighted by atomic mass is 32.1. The molecule has 3 aromatic rings. The van der Waals surface area contributed by atoms with Crippen LogP contribution in [0.3, 0.4) is 0 Å². The van der Waals surface area contributed by atoms with Gasteiger partial charge in [0.1, 0.15) is 11.0 Å². The van der Waals surface area contributed by atoms with E-state index in [1.165, 1.54) is 11.1 Å². The molecule has 0 bridgehead atoms. The first kappa shape index (κ1) is 22.6. The molecule has 5 nitrogen and oxygen atoms in total. The predicted molar refractivity (Wildman–Crippen MR) is 131 cm³/mol. The summed E-state index contributed by atoms with van der Waals surface area (Å²) in [4.78, 5) is 22.0. The normalized spacial score (nSPS) is 16.2. The van der Waals surface area contributed by atoms with Gasteiger partial charge in [0.2, 0.25) is 5.91 Å². The molecule has 168 valence electrons. The minimum atomic E-state index is -0.196. The molecule has 4 rings (SSSR count). The maximum atomic E-state index is 12.9. The highest BCUT2D eigenvalue weighted by Gasteiger charge is 2.23. The van der Waals surface area contributed by atoms with Crippen LogP contribution in [0.5, 0.6) is 0 Å². The SMILES string of the molecule is CC(C)c1ccc(CN2CCN(CC(=O)NC(c3ccccc3)c3nccs3)CC2)cc1. The number of benzene rings is 2. The number of piperazine rings is 1. The Kier molecular flexibility index (Phi) is 7.68. The van der Waals surface area contributed by atoms with Crippen LogP contribution in [0.4, 0.5) is 0 Å². The van der Waals surface area contributed by atoms with Crippen LogP contribution in [0.1, 0.15) is 47.5 Å². The lowest BCUT2D eigenvalue weighted by Crippen LogP contribution is -2.49. The molecule has 1 unspecified atom stereocenters. The zero-order valence-electron chi connectivity index (χ0n) is 18.9. The summed E-state index contributed by atoms with van der Waals surface area (Å²) in [5.74, 6) is 0.614. The number of nitrogens with one attached hydrogen (secondary N) is 1. The maximum Gasteiger partial charge on any atom is 0.235 e. The Hall–Kier alpha value is -2.54. The zero-order chi connectivity index (χ0) is 22.3. The monoisotopic (exact) mass is 448 g/mol. The van der Waals surface area contributed by atoms with Gasteiger partial charge in [-0.3, -0.25) is 14.6 Å². The quantitative estimate of drug-likeness (QED) is 0.559. The second-order valence-electron chi connectivity index (χ2n) is 8.73. The van der Waals surface area contributed by atoms with Gasteiger partial charge in [-0.15, -0.1) is 11.3 Å². The minimum absolute atomic E-state index is 0.0479. The van der Waals surface area contributed by atoms with E-state index in [0.717, 1.165) is 43.3 Å². The Morgan fingerprint density at radius 2 is 1.66 bits per heavy atom. The molecular formula is C26H32N4OS. The van der Waals surface area contributed by atoms with Gasteiger partial charge in [0.05, 0.1) is 6.54 Å². The molecule has 0 radical (unpaired) electrons. The molecular weight excluding hydrogens is 416 g/mol. The summed E-state index contributed by atoms with van der Waals surface area (Å²) in [5.41, 5.74) is 3.80. The zero-order valence-corrected chi connectivity index (χ0v) is 19.7. The number of carbonyl (C=O) groups excluding carboxylic acids is 1. The number of aromatic nitrogens is 1. The molecule has 2 aromatic carbocycles. The van der Waals surface area contributed by atoms with Crippen molar-refractivity contribution >= 4 is 17.2 Å². The van der Waals surface area contributed by atoms with Gasteiger partial charge in [0.25, 0.3) is 0 Å². The van der Waals surface area contributed by atoms with Gasteiger partial charge in [-0.25, -0.2) is 4.98 Å². The second-order valence-corrected chi connectivity index (χ2v) is 9.66. The Morgan fingerprint density at radius 1 is 0.969 bits per heavy atom. The molecule has 0 aliphatic carbocycles. The average molecular weight is 449 g/mol. The lowest BCUT2D eigenvalue weighted by atomic mass is 10.0. The summed E-state index contributed by atoms with van der Waals surface area (Å²) >= 11 is 1.57. The lowest BCUT2D eigenvalue weighted by molar-refractivity contribution is -0.123. The summed E-state index contributed by atoms with van der Waals surface area (Å²) in [6, 6.07) is 18.8. The Labute approximate surface area is 195 Å². The fourth-order valence-electron chi connectivity index (χ4n) is 4.09. The maximum absolute atomic E-state index is 12.9. The van der Waals surface area contributed by atoms with Gasteiger partial charge in [0, 0.05) is 44.3 Å². The molecule has 1 aromatic heterocycles. The Morgan fingerprint density at radius 3 is 2.28 bits per heavy atom. The fraction of sp³-hybridized carbons (Fsp3) is 0.385. The van der Waals surface area contributed by atoms with Crippen LogP contribution in [-0.4, -0.2) is 53.4 Å². The smallest absolute Gasteiger partial charge is 0.235 e. The minimum Gasteiger partial charge on any atom is -0.342 e. The third kappa shape index (κ3) is 6.03. The molecule has 1 aliphatic heterocycles. The van der Waals surface area contributed by atoms with Crippen molar-refractivity contribution in [2.45, 2.75) is 32.4 Å². The van der Waals surface area contributed by atoms with Gasteiger partial charge in [-0.2, -0.15) is 0 Å². The molecule has 1 fully saturated rings. The van der Waals surface area contributed by atoms with Gasteiger partial charge in [-0.05, 0) is 22.6 Å². The molecule has 1 amide bonds. The van der Waals surface area contributed by atoms with Crippen LogP contribution in [-0.2, 0) is 11.3 Å². The van der Waals surface area contributed by atoms with E-state index in [2.05, 4.69) is 58.2 Å². The van der Waals surface area contributed by atoms with E-state index in [1.54, 1.807) is 17.5 Å². The van der Waals surface area contributed by atoms with E-state index in [-0.39, 0.29) is 11.9 Å². The van der Waals surface area contributed by atoms with E-state index >= 15 is 0 Å². The molecule has 1 aliphatic rings. The van der Waals surface area contributed by atoms with E-state index in [0.29, 0.717) is 12.5 Å². The summed E-state index contributed by atoms with van der Waals surface area (Å²) in [6.45, 7) is 9.62. The van der Waals surface area contributed by atoms with Crippen LogP contribution in [0, 0.1) is 0 Å². The van der Waals surface area contributed by atoms with E-state index in [9.17, 15) is 4.79 Å². The van der Waals surface area contributed by atoms with Crippen molar-refractivity contribution < 1.29 is 4.79 Å². The van der Waals surface area contributed by atoms with Crippen molar-refractivity contribution in [1.29, 1.82) is 0 Å². The largest absolute Gasteiger partial charge is 0.342 e. The summed E-state index contributed by atoms with van der Waals surface area (Å²) in [6.07, 6.45) is 1.79. The number of hydrogen-bond donors (Lipinski definition) is 1. The number of nitrogens with zero attached hydrogens (tertiary/aromatic N) is 3. The highest BCUT2D eigenvalue weighted by Crippen LogP contribution is 2.23. The Bertz CT molecular complexity index is 965. The molecule has 2 heterocycles. The third-order valence-corrected chi connectivity index (χ3v) is 6.86. The van der Waals surface area contributed by atoms with Crippen molar-refractivity contribution in [2.75, 3.05) is 32.7 Å². The fourth-order valence-corrected chi connectivity index (χ4v) is 4.81. The number of thiazole rings is 1. The first-order valence-corrected chi connectivity index (χ1v) is 12.2. The summed E-state index contributed by atoms with van der Waals surface area (Å²) < 4.78 is 0. The summed E-state index contributed by atoms with van der Waals surface area (Å²) in [7, 11) is 0. The van der Waals surface area contributed by atoms with Crippen LogP contribution >= 0.6 is 11.3 Å². The van der Waals surface area contributed by atoms with Gasteiger partial charge >= 0.3 is 0 Å². The van der Waals surface area contributed by atoms with Gasteiger partial charge < -0.3 is 5.32 Å². The lowest BCUT2D eigenvalue weighted by Gasteiger charge is -2.34. The molecule has 1 N–H and O–H groups in total. The first-order valence-electron chi connectivity index (χ1n) is 11.4. The van der Waals surface area contributed by atoms with Crippen LogP contribution in [0.2, 0.25) is 0 Å². The van der Waals surface area contributed by atoms with Crippen molar-refractivity contribution in [3.05, 3.63) is 87.9 Å². The molecule has 1 atom stereocenters. The van der Waals surface area contributed by atoms with E-state index < -0.39 is 0 Å². The first-order chi connectivity index (χ1) is 15.6. The van der Waals surface area contributed by atoms with Crippen molar-refractivity contribution in [3.63, 3.8) is 0 Å². The van der Waals surface area contributed by atoms with Gasteiger partial charge in [0.15, 0.2) is 0 Å². The van der Waals surface area contributed by atoms with Crippen LogP contribution < -0.4 is 5.32 Å². The number of rotatable bonds is 8. The summed E-state index contributed by atoms with van der Waals surface area (Å²) in [5, 5.41) is 6.07. The third-order valence-electron chi connectivity index (χ3n) is 6.02. The number of hydrogen-bond acceptors (Lipinski definition) is 5. The topological polar surface area (TPSA) is 48.5 Å². The standard InChI is InChI=1S/C26H32N4OS/c1-20(2)22-10-8-21(9-11-22)18-29-13-15-30(16-14-29)19-24(31)28-25(26-27-12-17-32-26)23-6-4-3-5-7-23/h3-12,17,20,25H,13-16,18-19H2,1-2H3,(H,28,31). The number of amides is 1. The molecule has 6 heteroatoms. The molecule has 0 spiro atoms. The predicted octanol–water partition coefficient (Wildman–Crippen LogP) is 4.29. The van der Waals surface area contributed by atoms with Crippen molar-refractivity contribution in [2.24, 2.45) is 0 Å². The molecule has 32 heavy (non-hydrogen) atoms. The van der Waals surface area contributed by atoms with Crippen molar-refractivity contribution in [1.82, 2.24) is 20.1 Å². The van der Waals surface area contributed by atoms with Gasteiger partial charge in [-0.1, -0.05) is 68.4 Å². The number of carbonyl (C=O) groups is 1. The van der Waals surface area contributed by atoms with Crippen LogP contribution in [0.25, 0.3) is 0 Å². The van der Waals surface area contributed by atoms with Crippen molar-refractivity contribution in [3.8, 4) is 0 Å². The molecule has 0 saturated carbocycles. The molecule has 1 saturated heterocycles. The second kappa shape index (κ2) is 10.9. The highest BCUT2D eigenvalue weighted by molar-refractivity contribution is 7.09. The Balaban J connectivity index is 1.27.